The quantitative estimate of drug-likeness (QED) is 0.800. The number of nitrogens with zero attached hydrogens (tertiary/aromatic N) is 1. The molecule has 2 rings (SSSR count). The van der Waals surface area contributed by atoms with E-state index in [1.54, 1.807) is 11.0 Å². The maximum absolute atomic E-state index is 12.9. The first-order chi connectivity index (χ1) is 8.16. The summed E-state index contributed by atoms with van der Waals surface area (Å²) in [5.41, 5.74) is 0. The van der Waals surface area contributed by atoms with Gasteiger partial charge in [0, 0.05) is 12.6 Å². The van der Waals surface area contributed by atoms with Gasteiger partial charge in [-0.25, -0.2) is 4.39 Å². The lowest BCUT2D eigenvalue weighted by atomic mass is 10.3. The minimum atomic E-state index is -0.382. The van der Waals surface area contributed by atoms with E-state index in [1.807, 2.05) is 6.92 Å². The molecule has 0 bridgehead atoms. The molecular formula is C12H14FNO3. The number of hydrogen-bond donors (Lipinski definition) is 0. The largest absolute Gasteiger partial charge is 0.484 e. The van der Waals surface area contributed by atoms with Crippen LogP contribution in [-0.2, 0) is 9.53 Å². The van der Waals surface area contributed by atoms with Gasteiger partial charge in [-0.2, -0.15) is 0 Å². The van der Waals surface area contributed by atoms with E-state index in [4.69, 9.17) is 9.47 Å². The number of carbonyl (C=O) groups is 1. The minimum Gasteiger partial charge on any atom is -0.484 e. The molecule has 1 aliphatic rings. The molecule has 1 unspecified atom stereocenters. The van der Waals surface area contributed by atoms with Crippen LogP contribution >= 0.6 is 0 Å². The first kappa shape index (κ1) is 11.9. The Hall–Kier alpha value is -1.62. The lowest BCUT2D eigenvalue weighted by Gasteiger charge is -2.19. The third kappa shape index (κ3) is 2.94. The molecule has 1 heterocycles. The van der Waals surface area contributed by atoms with E-state index in [1.165, 1.54) is 18.2 Å². The molecule has 1 aromatic carbocycles. The van der Waals surface area contributed by atoms with E-state index in [-0.39, 0.29) is 24.6 Å². The van der Waals surface area contributed by atoms with Gasteiger partial charge in [0.25, 0.3) is 5.91 Å². The van der Waals surface area contributed by atoms with E-state index < -0.39 is 0 Å². The Labute approximate surface area is 98.9 Å². The van der Waals surface area contributed by atoms with Crippen molar-refractivity contribution in [3.8, 4) is 5.75 Å². The van der Waals surface area contributed by atoms with Crippen molar-refractivity contribution in [2.45, 2.75) is 13.2 Å². The highest BCUT2D eigenvalue weighted by Gasteiger charge is 2.25. The number of benzene rings is 1. The van der Waals surface area contributed by atoms with Crippen molar-refractivity contribution >= 4 is 5.91 Å². The van der Waals surface area contributed by atoms with Gasteiger partial charge in [0.1, 0.15) is 17.8 Å². The van der Waals surface area contributed by atoms with Gasteiger partial charge in [-0.3, -0.25) is 4.79 Å². The number of amides is 1. The molecule has 0 radical (unpaired) electrons. The lowest BCUT2D eigenvalue weighted by molar-refractivity contribution is -0.137. The topological polar surface area (TPSA) is 38.8 Å². The van der Waals surface area contributed by atoms with Gasteiger partial charge in [0.2, 0.25) is 0 Å². The Bertz CT molecular complexity index is 410. The molecule has 1 aromatic rings. The predicted molar refractivity (Wildman–Crippen MR) is 59.0 cm³/mol. The molecule has 1 aliphatic heterocycles. The fourth-order valence-electron chi connectivity index (χ4n) is 1.71. The molecule has 0 N–H and O–H groups in total. The van der Waals surface area contributed by atoms with E-state index in [0.29, 0.717) is 18.9 Å². The Kier molecular flexibility index (Phi) is 3.58. The number of carbonyl (C=O) groups excluding carboxylic acids is 1. The van der Waals surface area contributed by atoms with Crippen molar-refractivity contribution in [2.75, 3.05) is 19.8 Å². The Morgan fingerprint density at radius 2 is 2.47 bits per heavy atom. The summed E-state index contributed by atoms with van der Waals surface area (Å²) in [4.78, 5) is 13.3. The molecular weight excluding hydrogens is 225 g/mol. The lowest BCUT2D eigenvalue weighted by Crippen LogP contribution is -2.37. The Morgan fingerprint density at radius 3 is 3.12 bits per heavy atom. The van der Waals surface area contributed by atoms with E-state index in [2.05, 4.69) is 0 Å². The van der Waals surface area contributed by atoms with Crippen LogP contribution < -0.4 is 4.74 Å². The molecule has 1 fully saturated rings. The van der Waals surface area contributed by atoms with Gasteiger partial charge in [-0.05, 0) is 19.1 Å². The van der Waals surface area contributed by atoms with E-state index >= 15 is 0 Å². The molecule has 92 valence electrons. The summed E-state index contributed by atoms with van der Waals surface area (Å²) in [6.45, 7) is 2.84. The molecule has 0 spiro atoms. The zero-order valence-electron chi connectivity index (χ0n) is 9.56. The van der Waals surface area contributed by atoms with Gasteiger partial charge < -0.3 is 14.4 Å². The second-order valence-electron chi connectivity index (χ2n) is 3.80. The van der Waals surface area contributed by atoms with Gasteiger partial charge in [-0.15, -0.1) is 0 Å². The van der Waals surface area contributed by atoms with Crippen LogP contribution in [-0.4, -0.2) is 36.8 Å². The summed E-state index contributed by atoms with van der Waals surface area (Å²) >= 11 is 0. The monoisotopic (exact) mass is 239 g/mol. The molecule has 1 amide bonds. The van der Waals surface area contributed by atoms with Crippen LogP contribution in [0.25, 0.3) is 0 Å². The van der Waals surface area contributed by atoms with E-state index in [0.717, 1.165) is 0 Å². The molecule has 1 saturated heterocycles. The Morgan fingerprint density at radius 1 is 1.65 bits per heavy atom. The number of hydrogen-bond acceptors (Lipinski definition) is 3. The first-order valence-electron chi connectivity index (χ1n) is 5.46. The van der Waals surface area contributed by atoms with Crippen molar-refractivity contribution in [3.05, 3.63) is 30.1 Å². The molecule has 1 atom stereocenters. The van der Waals surface area contributed by atoms with Crippen molar-refractivity contribution in [3.63, 3.8) is 0 Å². The maximum atomic E-state index is 12.9. The molecule has 17 heavy (non-hydrogen) atoms. The first-order valence-corrected chi connectivity index (χ1v) is 5.46. The summed E-state index contributed by atoms with van der Waals surface area (Å²) in [5, 5.41) is 0. The highest BCUT2D eigenvalue weighted by atomic mass is 19.1. The number of ether oxygens (including phenoxy) is 2. The van der Waals surface area contributed by atoms with Crippen LogP contribution in [0.1, 0.15) is 6.92 Å². The second-order valence-corrected chi connectivity index (χ2v) is 3.80. The molecule has 0 aliphatic carbocycles. The second kappa shape index (κ2) is 5.14. The fourth-order valence-corrected chi connectivity index (χ4v) is 1.71. The van der Waals surface area contributed by atoms with Crippen molar-refractivity contribution in [1.82, 2.24) is 4.90 Å². The standard InChI is InChI=1S/C12H14FNO3/c1-9-14(5-6-16-9)12(15)8-17-11-4-2-3-10(13)7-11/h2-4,7,9H,5-6,8H2,1H3. The summed E-state index contributed by atoms with van der Waals surface area (Å²) < 4.78 is 23.3. The number of rotatable bonds is 3. The third-order valence-corrected chi connectivity index (χ3v) is 2.61. The highest BCUT2D eigenvalue weighted by molar-refractivity contribution is 5.78. The van der Waals surface area contributed by atoms with Crippen molar-refractivity contribution in [1.29, 1.82) is 0 Å². The van der Waals surface area contributed by atoms with Gasteiger partial charge in [-0.1, -0.05) is 6.07 Å². The smallest absolute Gasteiger partial charge is 0.262 e. The van der Waals surface area contributed by atoms with Crippen LogP contribution in [0.4, 0.5) is 4.39 Å². The van der Waals surface area contributed by atoms with E-state index in [9.17, 15) is 9.18 Å². The molecule has 5 heteroatoms. The van der Waals surface area contributed by atoms with Gasteiger partial charge in [0.15, 0.2) is 6.61 Å². The van der Waals surface area contributed by atoms with Crippen LogP contribution in [0, 0.1) is 5.82 Å². The van der Waals surface area contributed by atoms with Crippen LogP contribution in [0.15, 0.2) is 24.3 Å². The van der Waals surface area contributed by atoms with Crippen molar-refractivity contribution in [2.24, 2.45) is 0 Å². The average Bonchev–Trinajstić information content (AvgIpc) is 2.72. The van der Waals surface area contributed by atoms with Crippen molar-refractivity contribution < 1.29 is 18.7 Å². The SMILES string of the molecule is CC1OCCN1C(=O)COc1cccc(F)c1. The number of halogens is 1. The predicted octanol–water partition coefficient (Wildman–Crippen LogP) is 1.41. The third-order valence-electron chi connectivity index (χ3n) is 2.61. The fraction of sp³-hybridized carbons (Fsp3) is 0.417. The zero-order chi connectivity index (χ0) is 12.3. The summed E-state index contributed by atoms with van der Waals surface area (Å²) in [5.74, 6) is -0.182. The summed E-state index contributed by atoms with van der Waals surface area (Å²) in [7, 11) is 0. The molecule has 0 saturated carbocycles. The average molecular weight is 239 g/mol. The maximum Gasteiger partial charge on any atom is 0.262 e. The van der Waals surface area contributed by atoms with Crippen LogP contribution in [0.5, 0.6) is 5.75 Å². The van der Waals surface area contributed by atoms with Gasteiger partial charge in [0.05, 0.1) is 6.61 Å². The molecule has 0 aromatic heterocycles. The van der Waals surface area contributed by atoms with Crippen LogP contribution in [0.3, 0.4) is 0 Å². The summed E-state index contributed by atoms with van der Waals surface area (Å²) in [6.07, 6.45) is -0.210. The highest BCUT2D eigenvalue weighted by Crippen LogP contribution is 2.13. The minimum absolute atomic E-state index is 0.100. The van der Waals surface area contributed by atoms with Gasteiger partial charge >= 0.3 is 0 Å². The summed E-state index contributed by atoms with van der Waals surface area (Å²) in [6, 6.07) is 5.72. The normalized spacial score (nSPS) is 19.4. The molecule has 4 nitrogen and oxygen atoms in total. The zero-order valence-corrected chi connectivity index (χ0v) is 9.56. The van der Waals surface area contributed by atoms with Crippen LogP contribution in [0.2, 0.25) is 0 Å². The Balaban J connectivity index is 1.88.